The van der Waals surface area contributed by atoms with Crippen molar-refractivity contribution in [1.82, 2.24) is 0 Å². The quantitative estimate of drug-likeness (QED) is 0.511. The van der Waals surface area contributed by atoms with Crippen molar-refractivity contribution in [2.45, 2.75) is 106 Å². The van der Waals surface area contributed by atoms with Gasteiger partial charge >= 0.3 is 5.97 Å². The van der Waals surface area contributed by atoms with Crippen LogP contribution < -0.4 is 9.47 Å². The monoisotopic (exact) mass is 520 g/mol. The van der Waals surface area contributed by atoms with E-state index in [1.165, 1.54) is 0 Å². The molecule has 2 spiro atoms. The van der Waals surface area contributed by atoms with Crippen molar-refractivity contribution in [2.75, 3.05) is 26.9 Å². The van der Waals surface area contributed by atoms with Crippen LogP contribution in [0.2, 0.25) is 18.1 Å². The van der Waals surface area contributed by atoms with E-state index in [0.717, 1.165) is 31.4 Å². The third-order valence-electron chi connectivity index (χ3n) is 9.24. The molecular formula is C27H40O8Si. The van der Waals surface area contributed by atoms with E-state index in [-0.39, 0.29) is 36.1 Å². The SMILES string of the molecule is COc1ccc(OCC23OC4[C@@]5(CCCO5)[C@@H](O2)C(O[Si](C)(C)C(C)(C)C)[C@@H](O3)[C@@]42CCCO2)cc1. The van der Waals surface area contributed by atoms with Crippen LogP contribution in [0.5, 0.6) is 11.5 Å². The topological polar surface area (TPSA) is 73.8 Å². The van der Waals surface area contributed by atoms with Crippen LogP contribution in [-0.4, -0.2) is 76.8 Å². The van der Waals surface area contributed by atoms with E-state index in [9.17, 15) is 0 Å². The number of benzene rings is 1. The normalized spacial score (nSPS) is 41.5. The van der Waals surface area contributed by atoms with E-state index < -0.39 is 25.5 Å². The largest absolute Gasteiger partial charge is 0.497 e. The van der Waals surface area contributed by atoms with E-state index in [2.05, 4.69) is 33.9 Å². The number of hydrogen-bond acceptors (Lipinski definition) is 8. The van der Waals surface area contributed by atoms with Gasteiger partial charge in [-0.15, -0.1) is 0 Å². The third-order valence-corrected chi connectivity index (χ3v) is 13.7. The highest BCUT2D eigenvalue weighted by atomic mass is 28.4. The average molecular weight is 521 g/mol. The number of methoxy groups -OCH3 is 1. The Hall–Kier alpha value is -1.20. The molecular weight excluding hydrogens is 480 g/mol. The van der Waals surface area contributed by atoms with Crippen LogP contribution in [0.3, 0.4) is 0 Å². The highest BCUT2D eigenvalue weighted by molar-refractivity contribution is 6.74. The van der Waals surface area contributed by atoms with Gasteiger partial charge < -0.3 is 37.6 Å². The summed E-state index contributed by atoms with van der Waals surface area (Å²) in [5.41, 5.74) is -1.22. The Balaban J connectivity index is 1.35. The van der Waals surface area contributed by atoms with Gasteiger partial charge in [0.1, 0.15) is 47.1 Å². The van der Waals surface area contributed by atoms with Crippen LogP contribution in [0.25, 0.3) is 0 Å². The zero-order valence-electron chi connectivity index (χ0n) is 22.3. The maximum Gasteiger partial charge on any atom is 0.320 e. The summed E-state index contributed by atoms with van der Waals surface area (Å²) in [5, 5.41) is 0.0424. The van der Waals surface area contributed by atoms with Crippen molar-refractivity contribution in [1.29, 1.82) is 0 Å². The Morgan fingerprint density at radius 2 is 1.44 bits per heavy atom. The van der Waals surface area contributed by atoms with Gasteiger partial charge in [0.05, 0.1) is 7.11 Å². The summed E-state index contributed by atoms with van der Waals surface area (Å²) >= 11 is 0. The molecule has 0 amide bonds. The van der Waals surface area contributed by atoms with E-state index in [1.807, 2.05) is 24.3 Å². The van der Waals surface area contributed by atoms with E-state index in [1.54, 1.807) is 7.11 Å². The Labute approximate surface area is 214 Å². The molecule has 6 fully saturated rings. The first-order chi connectivity index (χ1) is 17.0. The molecule has 1 aromatic rings. The third kappa shape index (κ3) is 3.61. The molecule has 6 aliphatic rings. The molecule has 8 nitrogen and oxygen atoms in total. The summed E-state index contributed by atoms with van der Waals surface area (Å²) in [6.45, 7) is 12.8. The molecule has 0 aromatic heterocycles. The molecule has 0 N–H and O–H groups in total. The molecule has 3 unspecified atom stereocenters. The number of ether oxygens (including phenoxy) is 7. The number of hydrogen-bond donors (Lipinski definition) is 0. The van der Waals surface area contributed by atoms with Gasteiger partial charge in [0.2, 0.25) is 0 Å². The van der Waals surface area contributed by atoms with Crippen molar-refractivity contribution in [3.05, 3.63) is 24.3 Å². The van der Waals surface area contributed by atoms with Gasteiger partial charge in [0, 0.05) is 13.2 Å². The minimum Gasteiger partial charge on any atom is -0.497 e. The Bertz CT molecular complexity index is 927. The molecule has 5 heterocycles. The highest BCUT2D eigenvalue weighted by Gasteiger charge is 2.80. The lowest BCUT2D eigenvalue weighted by atomic mass is 9.63. The molecule has 7 atom stereocenters. The maximum atomic E-state index is 7.10. The Morgan fingerprint density at radius 3 is 1.92 bits per heavy atom. The highest BCUT2D eigenvalue weighted by Crippen LogP contribution is 2.62. The van der Waals surface area contributed by atoms with Gasteiger partial charge in [-0.25, -0.2) is 0 Å². The second-order valence-electron chi connectivity index (χ2n) is 12.4. The van der Waals surface area contributed by atoms with Crippen LogP contribution in [0.4, 0.5) is 0 Å². The van der Waals surface area contributed by atoms with Crippen LogP contribution in [0.15, 0.2) is 24.3 Å². The molecule has 5 aliphatic heterocycles. The number of rotatable bonds is 6. The molecule has 1 aromatic carbocycles. The van der Waals surface area contributed by atoms with Crippen LogP contribution in [-0.2, 0) is 28.1 Å². The fourth-order valence-electron chi connectivity index (χ4n) is 6.42. The minimum absolute atomic E-state index is 0.0424. The predicted octanol–water partition coefficient (Wildman–Crippen LogP) is 4.41. The molecule has 5 saturated heterocycles. The lowest BCUT2D eigenvalue weighted by Crippen LogP contribution is -2.88. The van der Waals surface area contributed by atoms with Crippen LogP contribution >= 0.6 is 0 Å². The van der Waals surface area contributed by atoms with Gasteiger partial charge in [0.15, 0.2) is 14.9 Å². The second kappa shape index (κ2) is 8.40. The molecule has 0 radical (unpaired) electrons. The Kier molecular flexibility index (Phi) is 5.85. The molecule has 9 heteroatoms. The molecule has 200 valence electrons. The summed E-state index contributed by atoms with van der Waals surface area (Å²) in [4.78, 5) is 0. The lowest BCUT2D eigenvalue weighted by Gasteiger charge is -2.69. The fourth-order valence-corrected chi connectivity index (χ4v) is 7.71. The first-order valence-electron chi connectivity index (χ1n) is 13.3. The Morgan fingerprint density at radius 1 is 0.889 bits per heavy atom. The zero-order chi connectivity index (χ0) is 25.4. The summed E-state index contributed by atoms with van der Waals surface area (Å²) < 4.78 is 51.8. The summed E-state index contributed by atoms with van der Waals surface area (Å²) in [6.07, 6.45) is 2.40. The second-order valence-corrected chi connectivity index (χ2v) is 17.1. The van der Waals surface area contributed by atoms with Gasteiger partial charge in [0.25, 0.3) is 0 Å². The lowest BCUT2D eigenvalue weighted by molar-refractivity contribution is -0.567. The van der Waals surface area contributed by atoms with Gasteiger partial charge in [-0.2, -0.15) is 0 Å². The zero-order valence-corrected chi connectivity index (χ0v) is 23.3. The van der Waals surface area contributed by atoms with E-state index in [0.29, 0.717) is 19.0 Å². The standard InChI is InChI=1S/C27H40O8Si/c1-24(2,3)36(5,6)35-20-21-25(13-7-15-30-25)23-26(14-8-16-31-26)22(20)33-27(32-21,34-23)17-29-19-11-9-18(28-4)10-12-19/h9-12,20-23H,7-8,13-17H2,1-6H3/t20?,21-,22+,23?,25+,26-,27?. The van der Waals surface area contributed by atoms with Gasteiger partial charge in [-0.1, -0.05) is 20.8 Å². The predicted molar refractivity (Wildman–Crippen MR) is 134 cm³/mol. The van der Waals surface area contributed by atoms with Crippen LogP contribution in [0, 0.1) is 0 Å². The molecule has 7 rings (SSSR count). The van der Waals surface area contributed by atoms with Crippen molar-refractivity contribution < 1.29 is 37.6 Å². The maximum absolute atomic E-state index is 7.10. The molecule has 1 aliphatic carbocycles. The first kappa shape index (κ1) is 25.1. The first-order valence-corrected chi connectivity index (χ1v) is 16.2. The van der Waals surface area contributed by atoms with Crippen molar-refractivity contribution in [3.63, 3.8) is 0 Å². The van der Waals surface area contributed by atoms with E-state index >= 15 is 0 Å². The molecule has 4 bridgehead atoms. The minimum atomic E-state index is -2.16. The van der Waals surface area contributed by atoms with Crippen molar-refractivity contribution in [2.24, 2.45) is 0 Å². The summed E-state index contributed by atoms with van der Waals surface area (Å²) in [5.74, 6) is 0.129. The van der Waals surface area contributed by atoms with Gasteiger partial charge in [-0.3, -0.25) is 0 Å². The molecule has 1 saturated carbocycles. The molecule has 36 heavy (non-hydrogen) atoms. The fraction of sp³-hybridized carbons (Fsp3) is 0.778. The van der Waals surface area contributed by atoms with E-state index in [4.69, 9.17) is 37.6 Å². The smallest absolute Gasteiger partial charge is 0.320 e. The summed E-state index contributed by atoms with van der Waals surface area (Å²) in [7, 11) is -0.517. The van der Waals surface area contributed by atoms with Gasteiger partial charge in [-0.05, 0) is 68.1 Å². The van der Waals surface area contributed by atoms with Crippen molar-refractivity contribution >= 4 is 8.32 Å². The summed E-state index contributed by atoms with van der Waals surface area (Å²) in [6, 6.07) is 7.46. The van der Waals surface area contributed by atoms with Crippen LogP contribution in [0.1, 0.15) is 46.5 Å². The van der Waals surface area contributed by atoms with Crippen molar-refractivity contribution in [3.8, 4) is 11.5 Å². The average Bonchev–Trinajstić information content (AvgIpc) is 3.52.